The van der Waals surface area contributed by atoms with E-state index in [1.807, 2.05) is 0 Å². The van der Waals surface area contributed by atoms with E-state index in [0.29, 0.717) is 5.56 Å². The summed E-state index contributed by atoms with van der Waals surface area (Å²) < 4.78 is 0. The van der Waals surface area contributed by atoms with Crippen LogP contribution >= 0.6 is 0 Å². The first-order valence-electron chi connectivity index (χ1n) is 8.24. The van der Waals surface area contributed by atoms with Gasteiger partial charge in [-0.25, -0.2) is 9.59 Å². The van der Waals surface area contributed by atoms with E-state index in [1.165, 1.54) is 18.2 Å². The van der Waals surface area contributed by atoms with E-state index in [4.69, 9.17) is 0 Å². The molecule has 1 aliphatic heterocycles. The molecule has 1 atom stereocenters. The van der Waals surface area contributed by atoms with Crippen molar-refractivity contribution in [3.05, 3.63) is 71.3 Å². The number of imide groups is 1. The van der Waals surface area contributed by atoms with Gasteiger partial charge in [0.25, 0.3) is 11.8 Å². The fourth-order valence-electron chi connectivity index (χ4n) is 3.06. The summed E-state index contributed by atoms with van der Waals surface area (Å²) in [6.45, 7) is 0.0510. The van der Waals surface area contributed by atoms with Crippen LogP contribution in [0.25, 0.3) is 0 Å². The van der Waals surface area contributed by atoms with Gasteiger partial charge in [0.1, 0.15) is 5.54 Å². The molecule has 8 heteroatoms. The zero-order chi connectivity index (χ0) is 19.4. The van der Waals surface area contributed by atoms with Gasteiger partial charge in [-0.2, -0.15) is 0 Å². The Balaban J connectivity index is 1.76. The van der Waals surface area contributed by atoms with Crippen LogP contribution < -0.4 is 16.0 Å². The number of urea groups is 1. The first-order valence-corrected chi connectivity index (χ1v) is 8.24. The number of rotatable bonds is 6. The second kappa shape index (κ2) is 7.28. The lowest BCUT2D eigenvalue weighted by atomic mass is 9.86. The van der Waals surface area contributed by atoms with Crippen molar-refractivity contribution in [2.24, 2.45) is 0 Å². The maximum absolute atomic E-state index is 12.4. The molecular formula is C19H17N3O5. The third-order valence-corrected chi connectivity index (χ3v) is 4.40. The average Bonchev–Trinajstić information content (AvgIpc) is 2.96. The SMILES string of the molecule is O=C1NC(=O)[C@](CCNC(=O)c2ccccc2C(=O)O)(c2ccccc2)N1. The molecule has 4 amide bonds. The van der Waals surface area contributed by atoms with Crippen molar-refractivity contribution in [2.45, 2.75) is 12.0 Å². The molecule has 2 aromatic rings. The number of hydrogen-bond acceptors (Lipinski definition) is 4. The van der Waals surface area contributed by atoms with Crippen molar-refractivity contribution < 1.29 is 24.3 Å². The monoisotopic (exact) mass is 367 g/mol. The molecule has 0 unspecified atom stereocenters. The van der Waals surface area contributed by atoms with Gasteiger partial charge in [0.05, 0.1) is 11.1 Å². The summed E-state index contributed by atoms with van der Waals surface area (Å²) in [5.74, 6) is -2.27. The molecule has 3 rings (SSSR count). The number of carbonyl (C=O) groups is 4. The van der Waals surface area contributed by atoms with Gasteiger partial charge in [0.2, 0.25) is 0 Å². The van der Waals surface area contributed by atoms with E-state index >= 15 is 0 Å². The van der Waals surface area contributed by atoms with Gasteiger partial charge < -0.3 is 15.7 Å². The highest BCUT2D eigenvalue weighted by molar-refractivity contribution is 6.07. The molecule has 2 aromatic carbocycles. The van der Waals surface area contributed by atoms with Crippen LogP contribution in [0.3, 0.4) is 0 Å². The Bertz CT molecular complexity index is 913. The maximum Gasteiger partial charge on any atom is 0.336 e. The summed E-state index contributed by atoms with van der Waals surface area (Å²) in [6, 6.07) is 14.0. The van der Waals surface area contributed by atoms with Crippen molar-refractivity contribution in [1.29, 1.82) is 0 Å². The third-order valence-electron chi connectivity index (χ3n) is 4.40. The number of nitrogens with one attached hydrogen (secondary N) is 3. The molecule has 1 aliphatic rings. The zero-order valence-corrected chi connectivity index (χ0v) is 14.2. The lowest BCUT2D eigenvalue weighted by molar-refractivity contribution is -0.124. The first-order chi connectivity index (χ1) is 12.9. The van der Waals surface area contributed by atoms with Crippen molar-refractivity contribution in [1.82, 2.24) is 16.0 Å². The molecule has 0 saturated carbocycles. The second-order valence-corrected chi connectivity index (χ2v) is 6.04. The molecule has 27 heavy (non-hydrogen) atoms. The molecule has 138 valence electrons. The standard InChI is InChI=1S/C19H17N3O5/c23-15(13-8-4-5-9-14(13)16(24)25)20-11-10-19(12-6-2-1-3-7-12)17(26)21-18(27)22-19/h1-9H,10-11H2,(H,20,23)(H,24,25)(H2,21,22,26,27)/t19-/m0/s1. The molecule has 1 fully saturated rings. The molecule has 0 aromatic heterocycles. The summed E-state index contributed by atoms with van der Waals surface area (Å²) in [7, 11) is 0. The van der Waals surface area contributed by atoms with E-state index in [0.717, 1.165) is 0 Å². The van der Waals surface area contributed by atoms with Crippen molar-refractivity contribution in [3.63, 3.8) is 0 Å². The predicted molar refractivity (Wildman–Crippen MR) is 95.1 cm³/mol. The van der Waals surface area contributed by atoms with E-state index in [-0.39, 0.29) is 24.1 Å². The van der Waals surface area contributed by atoms with Crippen LogP contribution in [0.1, 0.15) is 32.7 Å². The fraction of sp³-hybridized carbons (Fsp3) is 0.158. The van der Waals surface area contributed by atoms with E-state index < -0.39 is 29.4 Å². The number of aromatic carboxylic acids is 1. The number of carboxylic acid groups (broad SMARTS) is 1. The van der Waals surface area contributed by atoms with Crippen molar-refractivity contribution >= 4 is 23.8 Å². The zero-order valence-electron chi connectivity index (χ0n) is 14.2. The van der Waals surface area contributed by atoms with Gasteiger partial charge in [-0.05, 0) is 17.7 Å². The smallest absolute Gasteiger partial charge is 0.336 e. The summed E-state index contributed by atoms with van der Waals surface area (Å²) in [6.07, 6.45) is 0.107. The molecule has 4 N–H and O–H groups in total. The Kier molecular flexibility index (Phi) is 4.89. The minimum Gasteiger partial charge on any atom is -0.478 e. The number of hydrogen-bond donors (Lipinski definition) is 4. The molecule has 8 nitrogen and oxygen atoms in total. The fourth-order valence-corrected chi connectivity index (χ4v) is 3.06. The Morgan fingerprint density at radius 1 is 0.963 bits per heavy atom. The van der Waals surface area contributed by atoms with Gasteiger partial charge in [0.15, 0.2) is 0 Å². The molecule has 0 spiro atoms. The lowest BCUT2D eigenvalue weighted by Gasteiger charge is -2.26. The summed E-state index contributed by atoms with van der Waals surface area (Å²) in [5, 5.41) is 16.7. The average molecular weight is 367 g/mol. The van der Waals surface area contributed by atoms with E-state index in [2.05, 4.69) is 16.0 Å². The quantitative estimate of drug-likeness (QED) is 0.572. The van der Waals surface area contributed by atoms with Crippen LogP contribution in [0, 0.1) is 0 Å². The predicted octanol–water partition coefficient (Wildman–Crippen LogP) is 1.24. The van der Waals surface area contributed by atoms with Crippen molar-refractivity contribution in [2.75, 3.05) is 6.54 Å². The number of carboxylic acids is 1. The topological polar surface area (TPSA) is 125 Å². The van der Waals surface area contributed by atoms with Crippen LogP contribution in [0.4, 0.5) is 4.79 Å². The number of benzene rings is 2. The number of amides is 4. The van der Waals surface area contributed by atoms with Crippen LogP contribution in [0.5, 0.6) is 0 Å². The molecule has 0 bridgehead atoms. The Morgan fingerprint density at radius 3 is 2.19 bits per heavy atom. The van der Waals surface area contributed by atoms with Crippen molar-refractivity contribution in [3.8, 4) is 0 Å². The molecule has 1 heterocycles. The van der Waals surface area contributed by atoms with E-state index in [1.54, 1.807) is 36.4 Å². The minimum absolute atomic E-state index is 0.0265. The molecule has 1 saturated heterocycles. The van der Waals surface area contributed by atoms with Gasteiger partial charge >= 0.3 is 12.0 Å². The first kappa shape index (κ1) is 18.1. The highest BCUT2D eigenvalue weighted by Crippen LogP contribution is 2.28. The minimum atomic E-state index is -1.29. The van der Waals surface area contributed by atoms with Gasteiger partial charge in [-0.3, -0.25) is 14.9 Å². The molecular weight excluding hydrogens is 350 g/mol. The van der Waals surface area contributed by atoms with E-state index in [9.17, 15) is 24.3 Å². The highest BCUT2D eigenvalue weighted by Gasteiger charge is 2.47. The van der Waals surface area contributed by atoms with Crippen LogP contribution in [0.2, 0.25) is 0 Å². The van der Waals surface area contributed by atoms with Gasteiger partial charge in [0, 0.05) is 13.0 Å². The summed E-state index contributed by atoms with van der Waals surface area (Å²) in [4.78, 5) is 47.7. The Hall–Kier alpha value is -3.68. The number of carbonyl (C=O) groups excluding carboxylic acids is 3. The summed E-state index contributed by atoms with van der Waals surface area (Å²) >= 11 is 0. The molecule has 0 radical (unpaired) electrons. The Labute approximate surface area is 154 Å². The van der Waals surface area contributed by atoms with Crippen LogP contribution in [0.15, 0.2) is 54.6 Å². The van der Waals surface area contributed by atoms with Crippen LogP contribution in [-0.4, -0.2) is 35.5 Å². The van der Waals surface area contributed by atoms with Gasteiger partial charge in [-0.15, -0.1) is 0 Å². The van der Waals surface area contributed by atoms with Gasteiger partial charge in [-0.1, -0.05) is 42.5 Å². The normalized spacial score (nSPS) is 18.5. The second-order valence-electron chi connectivity index (χ2n) is 6.04. The lowest BCUT2D eigenvalue weighted by Crippen LogP contribution is -2.46. The largest absolute Gasteiger partial charge is 0.478 e. The third kappa shape index (κ3) is 3.50. The molecule has 0 aliphatic carbocycles. The maximum atomic E-state index is 12.4. The highest BCUT2D eigenvalue weighted by atomic mass is 16.4. The summed E-state index contributed by atoms with van der Waals surface area (Å²) in [5.41, 5.74) is -0.787. The van der Waals surface area contributed by atoms with Crippen LogP contribution in [-0.2, 0) is 10.3 Å². The Morgan fingerprint density at radius 2 is 1.59 bits per heavy atom.